The first-order valence-corrected chi connectivity index (χ1v) is 3.56. The molecule has 44 valence electrons. The number of hydrogen-bond acceptors (Lipinski definition) is 0. The molecule has 1 aliphatic rings. The van der Waals surface area contributed by atoms with Gasteiger partial charge in [-0.2, -0.15) is 0 Å². The summed E-state index contributed by atoms with van der Waals surface area (Å²) in [5.41, 5.74) is 0. The predicted octanol–water partition coefficient (Wildman–Crippen LogP) is 1.88. The molecule has 0 unspecified atom stereocenters. The van der Waals surface area contributed by atoms with Crippen molar-refractivity contribution in [2.45, 2.75) is 37.9 Å². The van der Waals surface area contributed by atoms with Crippen LogP contribution in [0.1, 0.15) is 32.1 Å². The van der Waals surface area contributed by atoms with Crippen LogP contribution in [0.5, 0.6) is 0 Å². The molecular formula is C7H13B. The van der Waals surface area contributed by atoms with Crippen molar-refractivity contribution in [1.29, 1.82) is 0 Å². The summed E-state index contributed by atoms with van der Waals surface area (Å²) in [5, 5.41) is 0. The van der Waals surface area contributed by atoms with Gasteiger partial charge in [-0.05, 0) is 0 Å². The first-order chi connectivity index (χ1) is 3.93. The molecule has 0 aromatic rings. The van der Waals surface area contributed by atoms with Crippen molar-refractivity contribution < 1.29 is 0 Å². The fourth-order valence-electron chi connectivity index (χ4n) is 1.37. The van der Waals surface area contributed by atoms with Gasteiger partial charge >= 0.3 is 51.3 Å². The molecule has 0 bridgehead atoms. The second-order valence-electron chi connectivity index (χ2n) is 2.63. The maximum atomic E-state index is 3.78. The quantitative estimate of drug-likeness (QED) is 0.450. The summed E-state index contributed by atoms with van der Waals surface area (Å²) < 4.78 is 0. The Labute approximate surface area is 52.2 Å². The van der Waals surface area contributed by atoms with E-state index in [1.54, 1.807) is 0 Å². The van der Waals surface area contributed by atoms with Crippen molar-refractivity contribution in [2.24, 2.45) is 0 Å². The summed E-state index contributed by atoms with van der Waals surface area (Å²) >= 11 is 0. The molecule has 1 fully saturated rings. The van der Waals surface area contributed by atoms with E-state index in [2.05, 4.69) is 13.4 Å². The van der Waals surface area contributed by atoms with Crippen molar-refractivity contribution in [2.75, 3.05) is 0 Å². The predicted molar refractivity (Wildman–Crippen MR) is 39.7 cm³/mol. The van der Waals surface area contributed by atoms with Crippen LogP contribution in [0.4, 0.5) is 0 Å². The van der Waals surface area contributed by atoms with Crippen LogP contribution >= 0.6 is 0 Å². The molecule has 1 rings (SSSR count). The van der Waals surface area contributed by atoms with Gasteiger partial charge in [-0.15, -0.1) is 0 Å². The Morgan fingerprint density at radius 2 is 1.75 bits per heavy atom. The van der Waals surface area contributed by atoms with Gasteiger partial charge in [0.15, 0.2) is 0 Å². The molecule has 0 aromatic carbocycles. The number of hydrogen-bond donors (Lipinski definition) is 0. The molecule has 0 saturated heterocycles. The van der Waals surface area contributed by atoms with E-state index in [0.29, 0.717) is 0 Å². The SMILES string of the molecule is C=BC1CCCCC1. The second-order valence-corrected chi connectivity index (χ2v) is 2.63. The standard InChI is InChI=1S/C7H13B/c1-8-7-5-3-2-4-6-7/h7H,1-6H2. The molecule has 1 heteroatoms. The van der Waals surface area contributed by atoms with E-state index in [-0.39, 0.29) is 0 Å². The molecule has 0 nitrogen and oxygen atoms in total. The van der Waals surface area contributed by atoms with E-state index in [0.717, 1.165) is 5.82 Å². The Hall–Kier alpha value is -0.0651. The van der Waals surface area contributed by atoms with Crippen LogP contribution in [-0.4, -0.2) is 13.4 Å². The molecule has 0 N–H and O–H groups in total. The Morgan fingerprint density at radius 1 is 1.12 bits per heavy atom. The van der Waals surface area contributed by atoms with E-state index in [1.807, 2.05) is 0 Å². The molecule has 1 aliphatic carbocycles. The van der Waals surface area contributed by atoms with Crippen LogP contribution in [0.15, 0.2) is 0 Å². The summed E-state index contributed by atoms with van der Waals surface area (Å²) in [6.45, 7) is 5.89. The van der Waals surface area contributed by atoms with Gasteiger partial charge in [0.25, 0.3) is 0 Å². The zero-order chi connectivity index (χ0) is 5.82. The molecule has 0 aromatic heterocycles. The summed E-state index contributed by atoms with van der Waals surface area (Å²) in [5.74, 6) is 0.851. The average Bonchev–Trinajstić information content (AvgIpc) is 1.90. The monoisotopic (exact) mass is 108 g/mol. The fourth-order valence-corrected chi connectivity index (χ4v) is 1.37. The van der Waals surface area contributed by atoms with Crippen LogP contribution in [0.25, 0.3) is 0 Å². The van der Waals surface area contributed by atoms with Crippen LogP contribution in [0, 0.1) is 0 Å². The van der Waals surface area contributed by atoms with Crippen molar-refractivity contribution in [1.82, 2.24) is 0 Å². The van der Waals surface area contributed by atoms with E-state index >= 15 is 0 Å². The van der Waals surface area contributed by atoms with Crippen molar-refractivity contribution in [3.63, 3.8) is 0 Å². The molecule has 0 amide bonds. The fraction of sp³-hybridized carbons (Fsp3) is 0.857. The van der Waals surface area contributed by atoms with Gasteiger partial charge in [0.1, 0.15) is 0 Å². The van der Waals surface area contributed by atoms with Gasteiger partial charge in [-0.3, -0.25) is 0 Å². The van der Waals surface area contributed by atoms with E-state index in [4.69, 9.17) is 0 Å². The third-order valence-corrected chi connectivity index (χ3v) is 1.98. The van der Waals surface area contributed by atoms with Gasteiger partial charge < -0.3 is 0 Å². The van der Waals surface area contributed by atoms with Crippen molar-refractivity contribution in [3.8, 4) is 0 Å². The van der Waals surface area contributed by atoms with Gasteiger partial charge in [-0.1, -0.05) is 0 Å². The first-order valence-electron chi connectivity index (χ1n) is 3.56. The summed E-state index contributed by atoms with van der Waals surface area (Å²) in [4.78, 5) is 0. The molecule has 0 atom stereocenters. The Morgan fingerprint density at radius 3 is 2.12 bits per heavy atom. The van der Waals surface area contributed by atoms with Gasteiger partial charge in [0.2, 0.25) is 0 Å². The zero-order valence-corrected chi connectivity index (χ0v) is 5.40. The van der Waals surface area contributed by atoms with Crippen molar-refractivity contribution in [3.05, 3.63) is 0 Å². The zero-order valence-electron chi connectivity index (χ0n) is 5.40. The Kier molecular flexibility index (Phi) is 2.32. The number of rotatable bonds is 1. The van der Waals surface area contributed by atoms with E-state index in [9.17, 15) is 0 Å². The van der Waals surface area contributed by atoms with Crippen LogP contribution in [-0.2, 0) is 0 Å². The minimum atomic E-state index is 0.851. The van der Waals surface area contributed by atoms with E-state index in [1.165, 1.54) is 32.1 Å². The van der Waals surface area contributed by atoms with Gasteiger partial charge in [0, 0.05) is 0 Å². The molecule has 8 heavy (non-hydrogen) atoms. The van der Waals surface area contributed by atoms with Gasteiger partial charge in [0.05, 0.1) is 0 Å². The average molecular weight is 108 g/mol. The first kappa shape index (κ1) is 6.06. The second kappa shape index (κ2) is 3.06. The third kappa shape index (κ3) is 1.46. The minimum absolute atomic E-state index is 0.851. The molecule has 0 heterocycles. The van der Waals surface area contributed by atoms with Gasteiger partial charge in [-0.25, -0.2) is 0 Å². The van der Waals surface area contributed by atoms with Crippen molar-refractivity contribution >= 4 is 13.4 Å². The van der Waals surface area contributed by atoms with Crippen LogP contribution in [0.2, 0.25) is 5.82 Å². The maximum absolute atomic E-state index is 3.78. The molecule has 0 spiro atoms. The summed E-state index contributed by atoms with van der Waals surface area (Å²) in [7, 11) is 0. The third-order valence-electron chi connectivity index (χ3n) is 1.98. The Balaban J connectivity index is 2.22. The molecule has 0 aliphatic heterocycles. The molecule has 1 saturated carbocycles. The molecule has 0 radical (unpaired) electrons. The van der Waals surface area contributed by atoms with Crippen LogP contribution in [0.3, 0.4) is 0 Å². The molecular weight excluding hydrogens is 94.9 g/mol. The summed E-state index contributed by atoms with van der Waals surface area (Å²) in [6.07, 6.45) is 7.09. The van der Waals surface area contributed by atoms with Crippen LogP contribution < -0.4 is 0 Å². The summed E-state index contributed by atoms with van der Waals surface area (Å²) in [6, 6.07) is 0. The normalized spacial score (nSPS) is 22.5. The topological polar surface area (TPSA) is 0 Å². The Bertz CT molecular complexity index is 72.5. The van der Waals surface area contributed by atoms with E-state index < -0.39 is 0 Å².